The fourth-order valence-electron chi connectivity index (χ4n) is 4.21. The number of hydrogen-bond acceptors (Lipinski definition) is 6. The van der Waals surface area contributed by atoms with E-state index in [1.54, 1.807) is 14.2 Å². The SMILES string of the molecule is COc1ccc(NC(=S)N(CCCN2CCOCC2)[C@@H](C)c2cc3cccc(OC)c3o2)cc1. The number of nitrogens with zero attached hydrogens (tertiary/aromatic N) is 2. The van der Waals surface area contributed by atoms with Crippen molar-refractivity contribution >= 4 is 34.0 Å². The molecule has 1 atom stereocenters. The molecule has 34 heavy (non-hydrogen) atoms. The summed E-state index contributed by atoms with van der Waals surface area (Å²) in [6.45, 7) is 7.50. The quantitative estimate of drug-likeness (QED) is 0.430. The fourth-order valence-corrected chi connectivity index (χ4v) is 4.57. The molecule has 0 radical (unpaired) electrons. The molecule has 0 spiro atoms. The van der Waals surface area contributed by atoms with Gasteiger partial charge in [-0.15, -0.1) is 0 Å². The van der Waals surface area contributed by atoms with Crippen LogP contribution in [-0.2, 0) is 4.74 Å². The Labute approximate surface area is 206 Å². The number of fused-ring (bicyclic) bond motifs is 1. The minimum absolute atomic E-state index is 0.0555. The number of morpholine rings is 1. The molecule has 2 aromatic carbocycles. The Morgan fingerprint density at radius 3 is 2.59 bits per heavy atom. The number of benzene rings is 2. The van der Waals surface area contributed by atoms with Gasteiger partial charge in [0.1, 0.15) is 11.5 Å². The third kappa shape index (κ3) is 5.81. The van der Waals surface area contributed by atoms with E-state index in [0.29, 0.717) is 5.11 Å². The standard InChI is InChI=1S/C26H33N3O4S/c1-19(24-18-20-6-4-7-23(31-3)25(20)33-24)29(13-5-12-28-14-16-32-17-15-28)26(34)27-21-8-10-22(30-2)11-9-21/h4,6-11,18-19H,5,12-17H2,1-3H3,(H,27,34)/t19-/m0/s1. The lowest BCUT2D eigenvalue weighted by molar-refractivity contribution is 0.0365. The van der Waals surface area contributed by atoms with E-state index in [1.165, 1.54) is 0 Å². The molecule has 1 saturated heterocycles. The predicted molar refractivity (Wildman–Crippen MR) is 139 cm³/mol. The van der Waals surface area contributed by atoms with Crippen LogP contribution >= 0.6 is 12.2 Å². The van der Waals surface area contributed by atoms with Crippen LogP contribution in [0.15, 0.2) is 52.9 Å². The van der Waals surface area contributed by atoms with Crippen molar-refractivity contribution in [1.82, 2.24) is 9.80 Å². The van der Waals surface area contributed by atoms with Gasteiger partial charge in [0.25, 0.3) is 0 Å². The maximum absolute atomic E-state index is 6.26. The summed E-state index contributed by atoms with van der Waals surface area (Å²) in [6, 6.07) is 15.7. The minimum Gasteiger partial charge on any atom is -0.497 e. The summed E-state index contributed by atoms with van der Waals surface area (Å²) in [6.07, 6.45) is 0.984. The maximum Gasteiger partial charge on any atom is 0.176 e. The lowest BCUT2D eigenvalue weighted by atomic mass is 10.2. The zero-order valence-corrected chi connectivity index (χ0v) is 20.9. The molecule has 0 saturated carbocycles. The van der Waals surface area contributed by atoms with Crippen LogP contribution in [0.1, 0.15) is 25.1 Å². The zero-order valence-electron chi connectivity index (χ0n) is 20.1. The van der Waals surface area contributed by atoms with Crippen LogP contribution in [0.25, 0.3) is 11.0 Å². The lowest BCUT2D eigenvalue weighted by Gasteiger charge is -2.32. The summed E-state index contributed by atoms with van der Waals surface area (Å²) < 4.78 is 22.5. The van der Waals surface area contributed by atoms with E-state index in [2.05, 4.69) is 28.1 Å². The van der Waals surface area contributed by atoms with E-state index < -0.39 is 0 Å². The van der Waals surface area contributed by atoms with Crippen LogP contribution in [0.3, 0.4) is 0 Å². The van der Waals surface area contributed by atoms with Gasteiger partial charge < -0.3 is 28.8 Å². The van der Waals surface area contributed by atoms with Crippen molar-refractivity contribution in [2.75, 3.05) is 58.9 Å². The van der Waals surface area contributed by atoms with Gasteiger partial charge in [-0.25, -0.2) is 0 Å². The fraction of sp³-hybridized carbons (Fsp3) is 0.423. The molecule has 1 N–H and O–H groups in total. The van der Waals surface area contributed by atoms with E-state index in [0.717, 1.165) is 79.7 Å². The number of methoxy groups -OCH3 is 2. The highest BCUT2D eigenvalue weighted by atomic mass is 32.1. The third-order valence-corrected chi connectivity index (χ3v) is 6.54. The Balaban J connectivity index is 1.51. The molecule has 0 unspecified atom stereocenters. The molecule has 4 rings (SSSR count). The smallest absolute Gasteiger partial charge is 0.176 e. The van der Waals surface area contributed by atoms with Crippen LogP contribution in [0.4, 0.5) is 5.69 Å². The number of rotatable bonds is 9. The van der Waals surface area contributed by atoms with Crippen LogP contribution < -0.4 is 14.8 Å². The molecule has 0 amide bonds. The monoisotopic (exact) mass is 483 g/mol. The van der Waals surface area contributed by atoms with Gasteiger partial charge in [0, 0.05) is 37.3 Å². The number of hydrogen-bond donors (Lipinski definition) is 1. The molecule has 1 aliphatic rings. The number of furan rings is 1. The largest absolute Gasteiger partial charge is 0.497 e. The maximum atomic E-state index is 6.26. The van der Waals surface area contributed by atoms with Crippen molar-refractivity contribution in [2.45, 2.75) is 19.4 Å². The molecule has 1 fully saturated rings. The molecule has 2 heterocycles. The summed E-state index contributed by atoms with van der Waals surface area (Å²) in [4.78, 5) is 4.64. The predicted octanol–water partition coefficient (Wildman–Crippen LogP) is 4.93. The highest BCUT2D eigenvalue weighted by Crippen LogP contribution is 2.33. The minimum atomic E-state index is -0.0555. The number of nitrogens with one attached hydrogen (secondary N) is 1. The topological polar surface area (TPSA) is 59.3 Å². The highest BCUT2D eigenvalue weighted by molar-refractivity contribution is 7.80. The first-order chi connectivity index (χ1) is 16.6. The Hall–Kier alpha value is -2.81. The number of anilines is 1. The lowest BCUT2D eigenvalue weighted by Crippen LogP contribution is -2.41. The zero-order chi connectivity index (χ0) is 23.9. The summed E-state index contributed by atoms with van der Waals surface area (Å²) >= 11 is 5.88. The highest BCUT2D eigenvalue weighted by Gasteiger charge is 2.23. The van der Waals surface area contributed by atoms with E-state index in [9.17, 15) is 0 Å². The molecular formula is C26H33N3O4S. The van der Waals surface area contributed by atoms with Crippen LogP contribution in [0, 0.1) is 0 Å². The molecule has 182 valence electrons. The van der Waals surface area contributed by atoms with E-state index in [4.69, 9.17) is 30.8 Å². The second-order valence-corrected chi connectivity index (χ2v) is 8.75. The van der Waals surface area contributed by atoms with Gasteiger partial charge in [-0.1, -0.05) is 12.1 Å². The number of ether oxygens (including phenoxy) is 3. The molecule has 8 heteroatoms. The molecule has 1 aromatic heterocycles. The third-order valence-electron chi connectivity index (χ3n) is 6.21. The van der Waals surface area contributed by atoms with Crippen LogP contribution in [0.2, 0.25) is 0 Å². The van der Waals surface area contributed by atoms with Gasteiger partial charge in [0.05, 0.1) is 33.5 Å². The van der Waals surface area contributed by atoms with Crippen molar-refractivity contribution in [1.29, 1.82) is 0 Å². The van der Waals surface area contributed by atoms with E-state index in [1.807, 2.05) is 42.5 Å². The average Bonchev–Trinajstić information content (AvgIpc) is 3.32. The van der Waals surface area contributed by atoms with Gasteiger partial charge in [-0.3, -0.25) is 4.90 Å². The molecule has 7 nitrogen and oxygen atoms in total. The Morgan fingerprint density at radius 2 is 1.88 bits per heavy atom. The molecule has 0 bridgehead atoms. The van der Waals surface area contributed by atoms with Gasteiger partial charge in [-0.2, -0.15) is 0 Å². The Morgan fingerprint density at radius 1 is 1.12 bits per heavy atom. The van der Waals surface area contributed by atoms with Crippen molar-refractivity contribution in [3.63, 3.8) is 0 Å². The Kier molecular flexibility index (Phi) is 8.26. The average molecular weight is 484 g/mol. The Bertz CT molecular complexity index is 1080. The number of thiocarbonyl (C=S) groups is 1. The molecule has 0 aliphatic carbocycles. The van der Waals surface area contributed by atoms with Crippen molar-refractivity contribution < 1.29 is 18.6 Å². The second kappa shape index (κ2) is 11.6. The second-order valence-electron chi connectivity index (χ2n) is 8.36. The van der Waals surface area contributed by atoms with Gasteiger partial charge >= 0.3 is 0 Å². The molecule has 1 aliphatic heterocycles. The summed E-state index contributed by atoms with van der Waals surface area (Å²) in [5.74, 6) is 2.39. The number of para-hydroxylation sites is 1. The van der Waals surface area contributed by atoms with E-state index >= 15 is 0 Å². The van der Waals surface area contributed by atoms with Gasteiger partial charge in [-0.05, 0) is 62.0 Å². The van der Waals surface area contributed by atoms with Crippen molar-refractivity contribution in [3.05, 3.63) is 54.3 Å². The van der Waals surface area contributed by atoms with Gasteiger partial charge in [0.15, 0.2) is 16.4 Å². The van der Waals surface area contributed by atoms with Crippen molar-refractivity contribution in [2.24, 2.45) is 0 Å². The summed E-state index contributed by atoms with van der Waals surface area (Å²) in [5, 5.41) is 5.07. The molecular weight excluding hydrogens is 450 g/mol. The first-order valence-corrected chi connectivity index (χ1v) is 12.1. The normalized spacial score (nSPS) is 15.1. The molecule has 3 aromatic rings. The summed E-state index contributed by atoms with van der Waals surface area (Å²) in [7, 11) is 3.32. The van der Waals surface area contributed by atoms with E-state index in [-0.39, 0.29) is 6.04 Å². The first kappa shape index (κ1) is 24.3. The van der Waals surface area contributed by atoms with Gasteiger partial charge in [0.2, 0.25) is 0 Å². The summed E-state index contributed by atoms with van der Waals surface area (Å²) in [5.41, 5.74) is 1.68. The van der Waals surface area contributed by atoms with Crippen LogP contribution in [-0.4, -0.2) is 68.5 Å². The first-order valence-electron chi connectivity index (χ1n) is 11.7. The van der Waals surface area contributed by atoms with Crippen LogP contribution in [0.5, 0.6) is 11.5 Å². The van der Waals surface area contributed by atoms with Crippen molar-refractivity contribution in [3.8, 4) is 11.5 Å².